The van der Waals surface area contributed by atoms with Crippen LogP contribution in [0.3, 0.4) is 0 Å². The normalized spacial score (nSPS) is 51.5. The summed E-state index contributed by atoms with van der Waals surface area (Å²) in [5.74, 6) is 0.0964. The lowest BCUT2D eigenvalue weighted by Gasteiger charge is -2.64. The van der Waals surface area contributed by atoms with E-state index in [1.165, 1.54) is 20.8 Å². The molecule has 4 aliphatic carbocycles. The van der Waals surface area contributed by atoms with Crippen molar-refractivity contribution < 1.29 is 93.8 Å². The molecule has 0 aromatic carbocycles. The molecule has 390 valence electrons. The first-order valence-corrected chi connectivity index (χ1v) is 25.2. The number of carbonyl (C=O) groups is 1. The van der Waals surface area contributed by atoms with Crippen LogP contribution in [0, 0.1) is 40.4 Å². The zero-order chi connectivity index (χ0) is 49.5. The number of rotatable bonds is 13. The molecule has 7 fully saturated rings. The predicted octanol–water partition coefficient (Wildman–Crippen LogP) is 0.311. The average molecular weight is 973 g/mol. The molecule has 0 spiro atoms. The Bertz CT molecular complexity index is 1790. The molecule has 27 atom stereocenters. The van der Waals surface area contributed by atoms with Crippen LogP contribution in [-0.2, 0) is 42.7 Å². The van der Waals surface area contributed by atoms with Crippen LogP contribution in [0.4, 0.5) is 0 Å². The van der Waals surface area contributed by atoms with Gasteiger partial charge in [-0.3, -0.25) is 0 Å². The number of hydrogen-bond donors (Lipinski definition) is 10. The molecule has 0 aromatic rings. The minimum absolute atomic E-state index is 0.0338. The molecular weight excluding hydrogens is 893 g/mol. The van der Waals surface area contributed by atoms with Gasteiger partial charge in [-0.2, -0.15) is 0 Å². The van der Waals surface area contributed by atoms with Crippen LogP contribution in [0.25, 0.3) is 0 Å². The number of esters is 1. The van der Waals surface area contributed by atoms with Crippen molar-refractivity contribution >= 4 is 5.97 Å². The predicted molar refractivity (Wildman–Crippen MR) is 237 cm³/mol. The van der Waals surface area contributed by atoms with Gasteiger partial charge in [0.2, 0.25) is 0 Å². The van der Waals surface area contributed by atoms with E-state index in [0.29, 0.717) is 31.3 Å². The molecule has 15 unspecified atom stereocenters. The number of hydrogen-bond acceptors (Lipinski definition) is 19. The number of aliphatic hydroxyl groups is 10. The minimum atomic E-state index is -1.74. The quantitative estimate of drug-likeness (QED) is 0.0878. The molecule has 0 radical (unpaired) electrons. The first kappa shape index (κ1) is 52.8. The van der Waals surface area contributed by atoms with Crippen molar-refractivity contribution in [2.45, 2.75) is 241 Å². The van der Waals surface area contributed by atoms with Crippen LogP contribution in [0.5, 0.6) is 0 Å². The van der Waals surface area contributed by atoms with E-state index in [1.54, 1.807) is 26.8 Å². The van der Waals surface area contributed by atoms with Crippen molar-refractivity contribution in [2.75, 3.05) is 6.61 Å². The highest BCUT2D eigenvalue weighted by Crippen LogP contribution is 2.70. The second-order valence-corrected chi connectivity index (χ2v) is 22.6. The molecule has 3 saturated heterocycles. The smallest absolute Gasteiger partial charge is 0.331 e. The SMILES string of the molecule is CC1OC(O[C@H]([C@H](O)C(C)O[C@H]2C(O)C(C)OC(O[C@H]3C(O)C(C)OC(O[C@H]4CCC5(C)C6CCC7(C)C(C8=CC(=O)OC8)CCC7(O)[C@@H]6CC[C@H]5C4)[C@H]3O)[C@H]2O)[C@@H](O)C(C)C)[C@@H](O)[C@@H](O)C1O. The van der Waals surface area contributed by atoms with Gasteiger partial charge in [0.05, 0.1) is 42.2 Å². The highest BCUT2D eigenvalue weighted by molar-refractivity contribution is 5.85. The summed E-state index contributed by atoms with van der Waals surface area (Å²) in [4.78, 5) is 12.0. The van der Waals surface area contributed by atoms with E-state index in [-0.39, 0.29) is 34.7 Å². The summed E-state index contributed by atoms with van der Waals surface area (Å²) < 4.78 is 47.5. The molecule has 19 nitrogen and oxygen atoms in total. The van der Waals surface area contributed by atoms with Crippen LogP contribution in [0.15, 0.2) is 11.6 Å². The number of aliphatic hydroxyl groups excluding tert-OH is 9. The zero-order valence-electron chi connectivity index (χ0n) is 40.7. The number of ether oxygens (including phenoxy) is 8. The number of carbonyl (C=O) groups excluding carboxylic acids is 1. The van der Waals surface area contributed by atoms with Gasteiger partial charge in [0.1, 0.15) is 73.8 Å². The Hall–Kier alpha value is -1.47. The van der Waals surface area contributed by atoms with Crippen LogP contribution >= 0.6 is 0 Å². The van der Waals surface area contributed by atoms with Crippen LogP contribution in [-0.4, -0.2) is 192 Å². The minimum Gasteiger partial charge on any atom is -0.458 e. The lowest BCUT2D eigenvalue weighted by Crippen LogP contribution is -2.65. The lowest BCUT2D eigenvalue weighted by molar-refractivity contribution is -0.364. The van der Waals surface area contributed by atoms with E-state index >= 15 is 0 Å². The van der Waals surface area contributed by atoms with Crippen LogP contribution in [0.1, 0.15) is 113 Å². The highest BCUT2D eigenvalue weighted by atomic mass is 16.7. The third-order valence-corrected chi connectivity index (χ3v) is 18.4. The summed E-state index contributed by atoms with van der Waals surface area (Å²) >= 11 is 0. The first-order chi connectivity index (χ1) is 31.9. The summed E-state index contributed by atoms with van der Waals surface area (Å²) in [6, 6.07) is 0. The molecule has 19 heteroatoms. The van der Waals surface area contributed by atoms with Crippen molar-refractivity contribution in [3.8, 4) is 0 Å². The van der Waals surface area contributed by atoms with Gasteiger partial charge in [-0.25, -0.2) is 4.79 Å². The van der Waals surface area contributed by atoms with Gasteiger partial charge in [0, 0.05) is 11.5 Å². The maximum Gasteiger partial charge on any atom is 0.331 e. The van der Waals surface area contributed by atoms with Crippen molar-refractivity contribution in [3.05, 3.63) is 11.6 Å². The second-order valence-electron chi connectivity index (χ2n) is 22.6. The number of cyclic esters (lactones) is 1. The van der Waals surface area contributed by atoms with Crippen molar-refractivity contribution in [3.63, 3.8) is 0 Å². The third-order valence-electron chi connectivity index (χ3n) is 18.4. The van der Waals surface area contributed by atoms with E-state index < -0.39 is 128 Å². The molecule has 0 bridgehead atoms. The van der Waals surface area contributed by atoms with Gasteiger partial charge in [0.25, 0.3) is 0 Å². The zero-order valence-corrected chi connectivity index (χ0v) is 40.7. The molecule has 4 saturated carbocycles. The van der Waals surface area contributed by atoms with E-state index in [2.05, 4.69) is 13.8 Å². The Morgan fingerprint density at radius 3 is 1.91 bits per heavy atom. The Labute approximate surface area is 399 Å². The van der Waals surface area contributed by atoms with Gasteiger partial charge in [0.15, 0.2) is 18.9 Å². The van der Waals surface area contributed by atoms with E-state index in [4.69, 9.17) is 37.9 Å². The molecule has 0 aromatic heterocycles. The van der Waals surface area contributed by atoms with Crippen molar-refractivity contribution in [1.82, 2.24) is 0 Å². The summed E-state index contributed by atoms with van der Waals surface area (Å²) in [6.45, 7) is 14.3. The topological polar surface area (TPSA) is 293 Å². The van der Waals surface area contributed by atoms with Crippen molar-refractivity contribution in [2.24, 2.45) is 40.4 Å². The van der Waals surface area contributed by atoms with Gasteiger partial charge in [-0.15, -0.1) is 0 Å². The third kappa shape index (κ3) is 9.28. The first-order valence-electron chi connectivity index (χ1n) is 25.2. The summed E-state index contributed by atoms with van der Waals surface area (Å²) in [5, 5.41) is 113. The fraction of sp³-hybridized carbons (Fsp3) is 0.939. The highest BCUT2D eigenvalue weighted by Gasteiger charge is 2.68. The lowest BCUT2D eigenvalue weighted by atomic mass is 9.43. The van der Waals surface area contributed by atoms with E-state index in [0.717, 1.165) is 50.5 Å². The molecular formula is C49H80O19. The largest absolute Gasteiger partial charge is 0.458 e. The fourth-order valence-electron chi connectivity index (χ4n) is 14.0. The Balaban J connectivity index is 0.897. The summed E-state index contributed by atoms with van der Waals surface area (Å²) in [5.41, 5.74) is -0.187. The monoisotopic (exact) mass is 973 g/mol. The summed E-state index contributed by atoms with van der Waals surface area (Å²) in [6.07, 6.45) is -17.9. The Morgan fingerprint density at radius 2 is 1.26 bits per heavy atom. The van der Waals surface area contributed by atoms with Gasteiger partial charge in [-0.1, -0.05) is 27.7 Å². The summed E-state index contributed by atoms with van der Waals surface area (Å²) in [7, 11) is 0. The van der Waals surface area contributed by atoms with Gasteiger partial charge >= 0.3 is 5.97 Å². The molecule has 10 N–H and O–H groups in total. The van der Waals surface area contributed by atoms with E-state index in [9.17, 15) is 55.9 Å². The van der Waals surface area contributed by atoms with Gasteiger partial charge < -0.3 is 89.0 Å². The molecule has 4 heterocycles. The second kappa shape index (κ2) is 20.1. The molecule has 8 aliphatic rings. The fourth-order valence-corrected chi connectivity index (χ4v) is 14.0. The maximum atomic E-state index is 12.7. The molecule has 68 heavy (non-hydrogen) atoms. The Morgan fingerprint density at radius 1 is 0.647 bits per heavy atom. The van der Waals surface area contributed by atoms with E-state index in [1.807, 2.05) is 0 Å². The average Bonchev–Trinajstić information content (AvgIpc) is 3.85. The van der Waals surface area contributed by atoms with Crippen LogP contribution in [0.2, 0.25) is 0 Å². The molecule has 8 rings (SSSR count). The molecule has 4 aliphatic heterocycles. The Kier molecular flexibility index (Phi) is 15.6. The molecule has 0 amide bonds. The standard InChI is InChI=1S/C49H80O19/c1-20(2)32(51)41(67-44-38(57)37(56)33(52)21(3)63-44)34(53)22(4)62-42-35(54)23(5)65-46(39(42)58)68-43-36(55)24(6)64-45(40(43)59)66-27-11-14-47(7)26(18-27)9-10-30-29(47)12-15-48(8)28(13-16-49(30,48)60)25-17-31(50)61-19-25/h17,20-24,26-30,32-46,51-60H,9-16,18-19H2,1-8H3/t21?,22?,23?,24?,26-,27-,28?,29?,30+,32-,33?,34+,35?,36?,37-,38-,39-,40-,41-,42-,43-,44?,45?,46?,47?,48?,49?/m0/s1. The van der Waals surface area contributed by atoms with Gasteiger partial charge in [-0.05, 0) is 126 Å². The van der Waals surface area contributed by atoms with Crippen LogP contribution < -0.4 is 0 Å². The number of fused-ring (bicyclic) bond motifs is 5. The van der Waals surface area contributed by atoms with Crippen molar-refractivity contribution in [1.29, 1.82) is 0 Å². The maximum absolute atomic E-state index is 12.7.